The fourth-order valence-electron chi connectivity index (χ4n) is 1.47. The van der Waals surface area contributed by atoms with Crippen molar-refractivity contribution in [3.05, 3.63) is 15.8 Å². The highest BCUT2D eigenvalue weighted by molar-refractivity contribution is 7.89. The molecule has 0 radical (unpaired) electrons. The van der Waals surface area contributed by atoms with Gasteiger partial charge in [-0.15, -0.1) is 11.3 Å². The fourth-order valence-corrected chi connectivity index (χ4v) is 4.50. The molecule has 0 saturated carbocycles. The maximum Gasteiger partial charge on any atom is 0.242 e. The molecule has 1 unspecified atom stereocenters. The Morgan fingerprint density at radius 1 is 1.47 bits per heavy atom. The number of thiophene rings is 1. The maximum atomic E-state index is 12.2. The topological polar surface area (TPSA) is 66.4 Å². The van der Waals surface area contributed by atoms with Crippen LogP contribution in [0.2, 0.25) is 0 Å². The SMILES string of the molecule is CCC(C)(CO)NS(=O)(=O)c1cc(C)sc1C. The lowest BCUT2D eigenvalue weighted by atomic mass is 10.0. The fraction of sp³-hybridized carbons (Fsp3) is 0.636. The molecule has 0 aliphatic heterocycles. The molecular formula is C11H19NO3S2. The number of hydrogen-bond acceptors (Lipinski definition) is 4. The number of aryl methyl sites for hydroxylation is 2. The van der Waals surface area contributed by atoms with Crippen molar-refractivity contribution in [1.82, 2.24) is 4.72 Å². The number of hydrogen-bond donors (Lipinski definition) is 2. The second kappa shape index (κ2) is 5.06. The first-order valence-corrected chi connectivity index (χ1v) is 7.76. The van der Waals surface area contributed by atoms with E-state index < -0.39 is 15.6 Å². The van der Waals surface area contributed by atoms with Crippen molar-refractivity contribution in [2.75, 3.05) is 6.61 Å². The summed E-state index contributed by atoms with van der Waals surface area (Å²) in [5.41, 5.74) is -0.804. The highest BCUT2D eigenvalue weighted by Gasteiger charge is 2.29. The lowest BCUT2D eigenvalue weighted by Crippen LogP contribution is -2.48. The van der Waals surface area contributed by atoms with Crippen LogP contribution in [0.4, 0.5) is 0 Å². The molecule has 1 rings (SSSR count). The van der Waals surface area contributed by atoms with Crippen molar-refractivity contribution in [2.45, 2.75) is 44.6 Å². The van der Waals surface area contributed by atoms with Crippen LogP contribution in [0, 0.1) is 13.8 Å². The summed E-state index contributed by atoms with van der Waals surface area (Å²) < 4.78 is 26.9. The molecule has 0 saturated heterocycles. The summed E-state index contributed by atoms with van der Waals surface area (Å²) in [6, 6.07) is 1.66. The summed E-state index contributed by atoms with van der Waals surface area (Å²) in [4.78, 5) is 2.05. The minimum atomic E-state index is -3.55. The number of aliphatic hydroxyl groups is 1. The van der Waals surface area contributed by atoms with E-state index in [1.165, 1.54) is 11.3 Å². The van der Waals surface area contributed by atoms with Crippen molar-refractivity contribution in [3.8, 4) is 0 Å². The van der Waals surface area contributed by atoms with Crippen LogP contribution in [0.5, 0.6) is 0 Å². The second-order valence-corrected chi connectivity index (χ2v) is 7.57. The van der Waals surface area contributed by atoms with E-state index in [0.29, 0.717) is 11.3 Å². The summed E-state index contributed by atoms with van der Waals surface area (Å²) in [5.74, 6) is 0. The molecule has 6 heteroatoms. The van der Waals surface area contributed by atoms with Crippen molar-refractivity contribution in [1.29, 1.82) is 0 Å². The van der Waals surface area contributed by atoms with Gasteiger partial charge in [-0.3, -0.25) is 0 Å². The Morgan fingerprint density at radius 3 is 2.41 bits per heavy atom. The number of rotatable bonds is 5. The summed E-state index contributed by atoms with van der Waals surface area (Å²) in [7, 11) is -3.55. The average Bonchev–Trinajstić information content (AvgIpc) is 2.58. The van der Waals surface area contributed by atoms with E-state index in [4.69, 9.17) is 0 Å². The molecule has 1 aromatic rings. The molecule has 98 valence electrons. The van der Waals surface area contributed by atoms with Crippen LogP contribution in [-0.2, 0) is 10.0 Å². The Hall–Kier alpha value is -0.430. The standard InChI is InChI=1S/C11H19NO3S2/c1-5-11(4,7-13)12-17(14,15)10-6-8(2)16-9(10)3/h6,12-13H,5,7H2,1-4H3. The molecule has 0 aromatic carbocycles. The maximum absolute atomic E-state index is 12.2. The number of aliphatic hydroxyl groups excluding tert-OH is 1. The van der Waals surface area contributed by atoms with Gasteiger partial charge in [0.1, 0.15) is 0 Å². The molecule has 1 heterocycles. The van der Waals surface area contributed by atoms with Gasteiger partial charge in [-0.2, -0.15) is 0 Å². The summed E-state index contributed by atoms with van der Waals surface area (Å²) in [5, 5.41) is 9.25. The van der Waals surface area contributed by atoms with Crippen molar-refractivity contribution in [3.63, 3.8) is 0 Å². The van der Waals surface area contributed by atoms with Gasteiger partial charge in [0.15, 0.2) is 0 Å². The van der Waals surface area contributed by atoms with Crippen molar-refractivity contribution >= 4 is 21.4 Å². The highest BCUT2D eigenvalue weighted by atomic mass is 32.2. The number of sulfonamides is 1. The quantitative estimate of drug-likeness (QED) is 0.862. The zero-order valence-electron chi connectivity index (χ0n) is 10.6. The van der Waals surface area contributed by atoms with Crippen LogP contribution in [0.1, 0.15) is 30.0 Å². The van der Waals surface area contributed by atoms with Crippen LogP contribution < -0.4 is 4.72 Å². The van der Waals surface area contributed by atoms with Crippen LogP contribution in [0.25, 0.3) is 0 Å². The zero-order chi connectivity index (χ0) is 13.3. The third kappa shape index (κ3) is 3.28. The third-order valence-electron chi connectivity index (χ3n) is 2.80. The van der Waals surface area contributed by atoms with Crippen LogP contribution in [-0.4, -0.2) is 25.7 Å². The minimum Gasteiger partial charge on any atom is -0.394 e. The lowest BCUT2D eigenvalue weighted by molar-refractivity contribution is 0.191. The Kier molecular flexibility index (Phi) is 4.35. The van der Waals surface area contributed by atoms with E-state index in [1.807, 2.05) is 13.8 Å². The van der Waals surface area contributed by atoms with E-state index in [-0.39, 0.29) is 6.61 Å². The Morgan fingerprint density at radius 2 is 2.06 bits per heavy atom. The van der Waals surface area contributed by atoms with E-state index >= 15 is 0 Å². The molecule has 0 aliphatic rings. The summed E-state index contributed by atoms with van der Waals surface area (Å²) >= 11 is 1.46. The monoisotopic (exact) mass is 277 g/mol. The van der Waals surface area contributed by atoms with Gasteiger partial charge < -0.3 is 5.11 Å². The first-order valence-electron chi connectivity index (χ1n) is 5.46. The molecule has 0 fully saturated rings. The number of nitrogens with one attached hydrogen (secondary N) is 1. The van der Waals surface area contributed by atoms with E-state index in [9.17, 15) is 13.5 Å². The lowest BCUT2D eigenvalue weighted by Gasteiger charge is -2.26. The average molecular weight is 277 g/mol. The van der Waals surface area contributed by atoms with Crippen LogP contribution >= 0.6 is 11.3 Å². The van der Waals surface area contributed by atoms with E-state index in [1.54, 1.807) is 19.9 Å². The Balaban J connectivity index is 3.09. The van der Waals surface area contributed by atoms with Crippen LogP contribution in [0.3, 0.4) is 0 Å². The molecule has 1 atom stereocenters. The first kappa shape index (κ1) is 14.6. The molecule has 0 amide bonds. The molecule has 17 heavy (non-hydrogen) atoms. The predicted molar refractivity (Wildman–Crippen MR) is 69.9 cm³/mol. The highest BCUT2D eigenvalue weighted by Crippen LogP contribution is 2.26. The van der Waals surface area contributed by atoms with Crippen molar-refractivity contribution < 1.29 is 13.5 Å². The van der Waals surface area contributed by atoms with E-state index in [2.05, 4.69) is 4.72 Å². The van der Waals surface area contributed by atoms with Crippen LogP contribution in [0.15, 0.2) is 11.0 Å². The van der Waals surface area contributed by atoms with Gasteiger partial charge in [0.2, 0.25) is 10.0 Å². The Bertz CT molecular complexity index is 487. The van der Waals surface area contributed by atoms with E-state index in [0.717, 1.165) is 9.75 Å². The smallest absolute Gasteiger partial charge is 0.242 e. The van der Waals surface area contributed by atoms with Gasteiger partial charge in [0.05, 0.1) is 17.0 Å². The third-order valence-corrected chi connectivity index (χ3v) is 5.65. The molecule has 0 spiro atoms. The zero-order valence-corrected chi connectivity index (χ0v) is 12.2. The molecule has 2 N–H and O–H groups in total. The molecule has 4 nitrogen and oxygen atoms in total. The largest absolute Gasteiger partial charge is 0.394 e. The normalized spacial score (nSPS) is 15.8. The van der Waals surface area contributed by atoms with Gasteiger partial charge >= 0.3 is 0 Å². The van der Waals surface area contributed by atoms with Gasteiger partial charge in [-0.25, -0.2) is 13.1 Å². The molecule has 0 aliphatic carbocycles. The van der Waals surface area contributed by atoms with Gasteiger partial charge in [0.25, 0.3) is 0 Å². The van der Waals surface area contributed by atoms with Gasteiger partial charge in [-0.1, -0.05) is 6.92 Å². The van der Waals surface area contributed by atoms with Gasteiger partial charge in [-0.05, 0) is 33.3 Å². The van der Waals surface area contributed by atoms with Crippen molar-refractivity contribution in [2.24, 2.45) is 0 Å². The predicted octanol–water partition coefficient (Wildman–Crippen LogP) is 1.80. The first-order chi connectivity index (χ1) is 7.74. The summed E-state index contributed by atoms with van der Waals surface area (Å²) in [6.45, 7) is 6.98. The molecular weight excluding hydrogens is 258 g/mol. The molecule has 1 aromatic heterocycles. The second-order valence-electron chi connectivity index (χ2n) is 4.46. The minimum absolute atomic E-state index is 0.217. The summed E-state index contributed by atoms with van der Waals surface area (Å²) in [6.07, 6.45) is 0.533. The van der Waals surface area contributed by atoms with Gasteiger partial charge in [0, 0.05) is 9.75 Å². The molecule has 0 bridgehead atoms. The Labute approximate surface area is 107 Å².